The number of ether oxygens (including phenoxy) is 3. The van der Waals surface area contributed by atoms with Gasteiger partial charge >= 0.3 is 0 Å². The summed E-state index contributed by atoms with van der Waals surface area (Å²) in [5, 5.41) is 0. The van der Waals surface area contributed by atoms with Crippen LogP contribution in [-0.2, 0) is 14.2 Å². The molecule has 218 valence electrons. The van der Waals surface area contributed by atoms with Crippen molar-refractivity contribution in [3.8, 4) is 0 Å². The predicted octanol–water partition coefficient (Wildman–Crippen LogP) is 10.4. The van der Waals surface area contributed by atoms with Gasteiger partial charge in [-0.2, -0.15) is 0 Å². The Morgan fingerprint density at radius 2 is 0.806 bits per heavy atom. The van der Waals surface area contributed by atoms with E-state index in [1.165, 1.54) is 38.5 Å². The van der Waals surface area contributed by atoms with Crippen LogP contribution in [0.25, 0.3) is 0 Å². The second-order valence-corrected chi connectivity index (χ2v) is 11.8. The summed E-state index contributed by atoms with van der Waals surface area (Å²) in [7, 11) is 0. The summed E-state index contributed by atoms with van der Waals surface area (Å²) in [4.78, 5) is 0. The lowest BCUT2D eigenvalue weighted by Gasteiger charge is -2.07. The summed E-state index contributed by atoms with van der Waals surface area (Å²) in [6.07, 6.45) is 19.8. The van der Waals surface area contributed by atoms with Crippen LogP contribution in [0.5, 0.6) is 0 Å². The predicted molar refractivity (Wildman–Crippen MR) is 163 cm³/mol. The van der Waals surface area contributed by atoms with Gasteiger partial charge in [0.2, 0.25) is 0 Å². The fourth-order valence-corrected chi connectivity index (χ4v) is 2.87. The number of unbranched alkanes of at least 4 members (excludes halogenated alkanes) is 2. The summed E-state index contributed by atoms with van der Waals surface area (Å²) in [5.41, 5.74) is 0. The van der Waals surface area contributed by atoms with E-state index in [-0.39, 0.29) is 0 Å². The van der Waals surface area contributed by atoms with E-state index in [4.69, 9.17) is 14.2 Å². The quantitative estimate of drug-likeness (QED) is 0.127. The van der Waals surface area contributed by atoms with Crippen molar-refractivity contribution >= 4 is 0 Å². The zero-order chi connectivity index (χ0) is 28.2. The first kappa shape index (κ1) is 39.9. The minimum absolute atomic E-state index is 0.364. The highest BCUT2D eigenvalue weighted by Gasteiger charge is 1.96. The van der Waals surface area contributed by atoms with Gasteiger partial charge in [0.25, 0.3) is 0 Å². The fourth-order valence-electron chi connectivity index (χ4n) is 2.87. The SMILES string of the molecule is CC(C)C/C=C/CCOC(C)C.CC(C)C/C=C\CCOC(C)C.CC(C)CCCCCOC(C)C. The average Bonchev–Trinajstić information content (AvgIpc) is 2.75. The van der Waals surface area contributed by atoms with Gasteiger partial charge in [0.1, 0.15) is 0 Å². The van der Waals surface area contributed by atoms with Crippen molar-refractivity contribution < 1.29 is 14.2 Å². The summed E-state index contributed by atoms with van der Waals surface area (Å²) in [6, 6.07) is 0. The molecule has 3 nitrogen and oxygen atoms in total. The molecular formula is C33H68O3. The van der Waals surface area contributed by atoms with Crippen LogP contribution in [-0.4, -0.2) is 38.1 Å². The molecule has 0 saturated heterocycles. The van der Waals surface area contributed by atoms with Gasteiger partial charge < -0.3 is 14.2 Å². The molecule has 0 N–H and O–H groups in total. The van der Waals surface area contributed by atoms with Gasteiger partial charge in [-0.15, -0.1) is 0 Å². The smallest absolute Gasteiger partial charge is 0.0519 e. The Morgan fingerprint density at radius 1 is 0.417 bits per heavy atom. The Kier molecular flexibility index (Phi) is 33.9. The highest BCUT2D eigenvalue weighted by Crippen LogP contribution is 2.08. The van der Waals surface area contributed by atoms with Crippen molar-refractivity contribution in [1.82, 2.24) is 0 Å². The zero-order valence-corrected chi connectivity index (χ0v) is 26.8. The molecule has 0 aliphatic carbocycles. The third kappa shape index (κ3) is 50.3. The van der Waals surface area contributed by atoms with Crippen molar-refractivity contribution in [2.24, 2.45) is 17.8 Å². The molecule has 0 radical (unpaired) electrons. The lowest BCUT2D eigenvalue weighted by molar-refractivity contribution is 0.0755. The summed E-state index contributed by atoms with van der Waals surface area (Å²) in [5.74, 6) is 2.40. The van der Waals surface area contributed by atoms with Crippen LogP contribution < -0.4 is 0 Å². The highest BCUT2D eigenvalue weighted by molar-refractivity contribution is 4.82. The topological polar surface area (TPSA) is 27.7 Å². The van der Waals surface area contributed by atoms with Crippen LogP contribution in [0.1, 0.15) is 134 Å². The molecule has 0 spiro atoms. The first-order chi connectivity index (χ1) is 16.9. The van der Waals surface area contributed by atoms with Gasteiger partial charge in [0, 0.05) is 6.61 Å². The van der Waals surface area contributed by atoms with Crippen LogP contribution in [0.15, 0.2) is 24.3 Å². The first-order valence-electron chi connectivity index (χ1n) is 15.0. The molecule has 0 saturated carbocycles. The molecule has 0 heterocycles. The van der Waals surface area contributed by atoms with E-state index in [0.717, 1.165) is 50.4 Å². The summed E-state index contributed by atoms with van der Waals surface area (Å²) < 4.78 is 16.2. The lowest BCUT2D eigenvalue weighted by atomic mass is 10.1. The molecule has 0 aliphatic rings. The molecule has 3 heteroatoms. The Bertz CT molecular complexity index is 406. The van der Waals surface area contributed by atoms with Gasteiger partial charge in [-0.3, -0.25) is 0 Å². The molecule has 0 amide bonds. The maximum absolute atomic E-state index is 5.45. The van der Waals surface area contributed by atoms with Crippen molar-refractivity contribution in [3.63, 3.8) is 0 Å². The average molecular weight is 513 g/mol. The summed E-state index contributed by atoms with van der Waals surface area (Å²) >= 11 is 0. The van der Waals surface area contributed by atoms with Crippen molar-refractivity contribution in [1.29, 1.82) is 0 Å². The van der Waals surface area contributed by atoms with E-state index >= 15 is 0 Å². The summed E-state index contributed by atoms with van der Waals surface area (Å²) in [6.45, 7) is 28.6. The molecule has 0 bridgehead atoms. The number of rotatable bonds is 19. The van der Waals surface area contributed by atoms with E-state index in [2.05, 4.69) is 107 Å². The molecule has 0 aliphatic heterocycles. The van der Waals surface area contributed by atoms with Gasteiger partial charge in [-0.25, -0.2) is 0 Å². The van der Waals surface area contributed by atoms with Gasteiger partial charge in [0.15, 0.2) is 0 Å². The van der Waals surface area contributed by atoms with E-state index in [1.807, 2.05) is 0 Å². The van der Waals surface area contributed by atoms with Crippen LogP contribution in [0.4, 0.5) is 0 Å². The van der Waals surface area contributed by atoms with Gasteiger partial charge in [0.05, 0.1) is 31.5 Å². The molecule has 0 fully saturated rings. The Hall–Kier alpha value is -0.640. The molecule has 0 aromatic rings. The second kappa shape index (κ2) is 30.6. The normalized spacial score (nSPS) is 11.9. The molecule has 0 unspecified atom stereocenters. The molecule has 0 aromatic heterocycles. The molecule has 36 heavy (non-hydrogen) atoms. The number of hydrogen-bond donors (Lipinski definition) is 0. The van der Waals surface area contributed by atoms with Crippen molar-refractivity contribution in [2.75, 3.05) is 19.8 Å². The van der Waals surface area contributed by atoms with Gasteiger partial charge in [-0.05, 0) is 91.4 Å². The number of hydrogen-bond acceptors (Lipinski definition) is 3. The Balaban J connectivity index is -0.000000454. The minimum Gasteiger partial charge on any atom is -0.379 e. The monoisotopic (exact) mass is 513 g/mol. The lowest BCUT2D eigenvalue weighted by Crippen LogP contribution is -2.03. The van der Waals surface area contributed by atoms with Crippen molar-refractivity contribution in [3.05, 3.63) is 24.3 Å². The minimum atomic E-state index is 0.364. The maximum Gasteiger partial charge on any atom is 0.0519 e. The van der Waals surface area contributed by atoms with Crippen LogP contribution in [0.2, 0.25) is 0 Å². The molecular weight excluding hydrogens is 444 g/mol. The first-order valence-corrected chi connectivity index (χ1v) is 15.0. The van der Waals surface area contributed by atoms with Crippen LogP contribution >= 0.6 is 0 Å². The Morgan fingerprint density at radius 3 is 1.14 bits per heavy atom. The molecule has 0 rings (SSSR count). The Labute approximate surface area is 228 Å². The fraction of sp³-hybridized carbons (Fsp3) is 0.879. The largest absolute Gasteiger partial charge is 0.379 e. The van der Waals surface area contributed by atoms with Crippen LogP contribution in [0.3, 0.4) is 0 Å². The van der Waals surface area contributed by atoms with E-state index in [1.54, 1.807) is 0 Å². The standard InChI is InChI=1S/C11H24O.2C11H22O/c3*1-10(2)8-6-5-7-9-12-11(3)4/h10-11H,5-9H2,1-4H3;2*5-6,10-11H,7-9H2,1-4H3/b;6-5+;6-5-. The third-order valence-electron chi connectivity index (χ3n) is 4.90. The van der Waals surface area contributed by atoms with Gasteiger partial charge in [-0.1, -0.05) is 85.1 Å². The third-order valence-corrected chi connectivity index (χ3v) is 4.90. The van der Waals surface area contributed by atoms with E-state index < -0.39 is 0 Å². The van der Waals surface area contributed by atoms with E-state index in [9.17, 15) is 0 Å². The van der Waals surface area contributed by atoms with Crippen LogP contribution in [0, 0.1) is 17.8 Å². The molecule has 0 atom stereocenters. The van der Waals surface area contributed by atoms with Crippen molar-refractivity contribution in [2.45, 2.75) is 153 Å². The molecule has 0 aromatic carbocycles. The zero-order valence-electron chi connectivity index (χ0n) is 26.8. The number of allylic oxidation sites excluding steroid dienone is 2. The maximum atomic E-state index is 5.45. The highest BCUT2D eigenvalue weighted by atomic mass is 16.5. The second-order valence-electron chi connectivity index (χ2n) is 11.8. The van der Waals surface area contributed by atoms with E-state index in [0.29, 0.717) is 18.3 Å².